The van der Waals surface area contributed by atoms with Crippen molar-refractivity contribution in [2.45, 2.75) is 44.6 Å². The fraction of sp³-hybridized carbons (Fsp3) is 0.471. The lowest BCUT2D eigenvalue weighted by Crippen LogP contribution is -2.40. The van der Waals surface area contributed by atoms with Gasteiger partial charge in [-0.05, 0) is 38.2 Å². The average molecular weight is 349 g/mol. The molecule has 1 atom stereocenters. The number of benzene rings is 1. The van der Waals surface area contributed by atoms with Crippen molar-refractivity contribution in [3.63, 3.8) is 0 Å². The Bertz CT molecular complexity index is 643. The van der Waals surface area contributed by atoms with Crippen LogP contribution in [0.5, 0.6) is 0 Å². The number of rotatable bonds is 6. The van der Waals surface area contributed by atoms with Gasteiger partial charge in [0.25, 0.3) is 5.91 Å². The second-order valence-electron chi connectivity index (χ2n) is 6.36. The maximum atomic E-state index is 12.2. The molecular weight excluding hydrogens is 326 g/mol. The summed E-state index contributed by atoms with van der Waals surface area (Å²) in [4.78, 5) is 37.0. The molecule has 6 nitrogen and oxygen atoms in total. The van der Waals surface area contributed by atoms with E-state index in [4.69, 9.17) is 0 Å². The normalized spacial score (nSPS) is 17.6. The van der Waals surface area contributed by atoms with Crippen LogP contribution in [0.1, 0.15) is 31.9 Å². The van der Waals surface area contributed by atoms with Crippen LogP contribution in [0.15, 0.2) is 24.3 Å². The van der Waals surface area contributed by atoms with Gasteiger partial charge in [-0.15, -0.1) is 0 Å². The van der Waals surface area contributed by atoms with Crippen LogP contribution in [-0.4, -0.2) is 39.8 Å². The Labute approximate surface area is 146 Å². The molecule has 0 bridgehead atoms. The van der Waals surface area contributed by atoms with Crippen LogP contribution in [0.25, 0.3) is 0 Å². The summed E-state index contributed by atoms with van der Waals surface area (Å²) in [7, 11) is 0. The lowest BCUT2D eigenvalue weighted by atomic mass is 10.1. The van der Waals surface area contributed by atoms with Crippen molar-refractivity contribution in [1.82, 2.24) is 15.5 Å². The minimum Gasteiger partial charge on any atom is -0.351 e. The van der Waals surface area contributed by atoms with Crippen molar-refractivity contribution in [1.29, 1.82) is 0 Å². The average Bonchev–Trinajstić information content (AvgIpc) is 2.74. The maximum absolute atomic E-state index is 12.2. The van der Waals surface area contributed by atoms with Gasteiger partial charge in [0.05, 0.1) is 11.8 Å². The molecule has 2 N–H and O–H groups in total. The van der Waals surface area contributed by atoms with Crippen LogP contribution >= 0.6 is 11.8 Å². The van der Waals surface area contributed by atoms with Crippen LogP contribution in [0.4, 0.5) is 4.79 Å². The van der Waals surface area contributed by atoms with E-state index in [1.165, 1.54) is 16.7 Å². The Morgan fingerprint density at radius 1 is 1.25 bits per heavy atom. The van der Waals surface area contributed by atoms with Gasteiger partial charge in [0.2, 0.25) is 5.91 Å². The molecule has 24 heavy (non-hydrogen) atoms. The van der Waals surface area contributed by atoms with E-state index in [2.05, 4.69) is 10.6 Å². The largest absolute Gasteiger partial charge is 0.351 e. The van der Waals surface area contributed by atoms with Crippen molar-refractivity contribution in [2.24, 2.45) is 0 Å². The lowest BCUT2D eigenvalue weighted by molar-refractivity contribution is -0.130. The molecule has 1 fully saturated rings. The summed E-state index contributed by atoms with van der Waals surface area (Å²) in [5.41, 5.74) is 0.983. The van der Waals surface area contributed by atoms with Crippen molar-refractivity contribution in [3.8, 4) is 0 Å². The van der Waals surface area contributed by atoms with Crippen LogP contribution in [-0.2, 0) is 22.7 Å². The number of carbonyl (C=O) groups excluding carboxylic acids is 3. The smallest absolute Gasteiger partial charge is 0.325 e. The second-order valence-corrected chi connectivity index (χ2v) is 7.54. The second kappa shape index (κ2) is 7.25. The van der Waals surface area contributed by atoms with Gasteiger partial charge in [0.15, 0.2) is 0 Å². The first-order chi connectivity index (χ1) is 11.2. The first-order valence-electron chi connectivity index (χ1n) is 7.77. The monoisotopic (exact) mass is 349 g/mol. The highest BCUT2D eigenvalue weighted by molar-refractivity contribution is 7.99. The van der Waals surface area contributed by atoms with Crippen LogP contribution in [0, 0.1) is 0 Å². The number of nitrogens with zero attached hydrogens (tertiary/aromatic N) is 1. The van der Waals surface area contributed by atoms with Gasteiger partial charge in [0.1, 0.15) is 5.54 Å². The highest BCUT2D eigenvalue weighted by atomic mass is 32.2. The number of hydrogen-bond donors (Lipinski definition) is 2. The highest BCUT2D eigenvalue weighted by Crippen LogP contribution is 2.19. The minimum atomic E-state index is -0.852. The van der Waals surface area contributed by atoms with Gasteiger partial charge in [-0.3, -0.25) is 14.5 Å². The van der Waals surface area contributed by atoms with E-state index in [1.54, 1.807) is 13.8 Å². The van der Waals surface area contributed by atoms with Crippen LogP contribution < -0.4 is 10.6 Å². The molecule has 0 radical (unpaired) electrons. The van der Waals surface area contributed by atoms with E-state index in [-0.39, 0.29) is 29.6 Å². The molecule has 1 aliphatic rings. The number of nitrogens with one attached hydrogen (secondary N) is 2. The molecule has 130 valence electrons. The molecule has 1 aromatic rings. The molecule has 2 rings (SSSR count). The standard InChI is InChI=1S/C17H23N3O3S/c1-11(24-4)14(21)18-9-12-5-7-13(8-6-12)10-20-15(22)17(2,3)19-16(20)23/h5-8,11H,9-10H2,1-4H3,(H,18,21)(H,19,23)/t11-/m1/s1. The lowest BCUT2D eigenvalue weighted by Gasteiger charge is -2.16. The van der Waals surface area contributed by atoms with E-state index in [0.717, 1.165) is 11.1 Å². The molecular formula is C17H23N3O3S. The third-order valence-corrected chi connectivity index (χ3v) is 4.92. The maximum Gasteiger partial charge on any atom is 0.325 e. The van der Waals surface area contributed by atoms with Gasteiger partial charge in [0, 0.05) is 6.54 Å². The quantitative estimate of drug-likeness (QED) is 0.769. The Morgan fingerprint density at radius 2 is 1.83 bits per heavy atom. The van der Waals surface area contributed by atoms with E-state index < -0.39 is 5.54 Å². The third kappa shape index (κ3) is 4.08. The van der Waals surface area contributed by atoms with E-state index in [9.17, 15) is 14.4 Å². The van der Waals surface area contributed by atoms with Gasteiger partial charge < -0.3 is 10.6 Å². The van der Waals surface area contributed by atoms with Crippen LogP contribution in [0.3, 0.4) is 0 Å². The predicted octanol–water partition coefficient (Wildman–Crippen LogP) is 1.88. The van der Waals surface area contributed by atoms with Crippen molar-refractivity contribution >= 4 is 29.6 Å². The Balaban J connectivity index is 1.94. The fourth-order valence-corrected chi connectivity index (χ4v) is 2.64. The number of amides is 4. The Kier molecular flexibility index (Phi) is 5.54. The summed E-state index contributed by atoms with van der Waals surface area (Å²) in [6.07, 6.45) is 1.90. The van der Waals surface area contributed by atoms with Gasteiger partial charge in [-0.1, -0.05) is 24.3 Å². The van der Waals surface area contributed by atoms with Gasteiger partial charge >= 0.3 is 6.03 Å². The summed E-state index contributed by atoms with van der Waals surface area (Å²) in [6.45, 7) is 5.94. The fourth-order valence-electron chi connectivity index (χ4n) is 2.35. The van der Waals surface area contributed by atoms with Gasteiger partial charge in [-0.25, -0.2) is 4.79 Å². The first-order valence-corrected chi connectivity index (χ1v) is 9.06. The van der Waals surface area contributed by atoms with Crippen molar-refractivity contribution in [2.75, 3.05) is 6.26 Å². The van der Waals surface area contributed by atoms with Crippen LogP contribution in [0.2, 0.25) is 0 Å². The minimum absolute atomic E-state index is 0.00754. The zero-order chi connectivity index (χ0) is 17.9. The van der Waals surface area contributed by atoms with Crippen molar-refractivity contribution in [3.05, 3.63) is 35.4 Å². The molecule has 1 saturated heterocycles. The summed E-state index contributed by atoms with van der Waals surface area (Å²) >= 11 is 1.50. The number of urea groups is 1. The van der Waals surface area contributed by atoms with E-state index in [1.807, 2.05) is 37.4 Å². The molecule has 0 unspecified atom stereocenters. The Morgan fingerprint density at radius 3 is 2.33 bits per heavy atom. The zero-order valence-electron chi connectivity index (χ0n) is 14.4. The SMILES string of the molecule is CS[C@H](C)C(=O)NCc1ccc(CN2C(=O)NC(C)(C)C2=O)cc1. The summed E-state index contributed by atoms with van der Waals surface area (Å²) in [6, 6.07) is 7.15. The Hall–Kier alpha value is -2.02. The van der Waals surface area contributed by atoms with E-state index in [0.29, 0.717) is 6.54 Å². The molecule has 1 heterocycles. The number of hydrogen-bond acceptors (Lipinski definition) is 4. The van der Waals surface area contributed by atoms with Gasteiger partial charge in [-0.2, -0.15) is 11.8 Å². The highest BCUT2D eigenvalue weighted by Gasteiger charge is 2.43. The number of thioether (sulfide) groups is 1. The molecule has 7 heteroatoms. The number of imide groups is 1. The molecule has 4 amide bonds. The summed E-state index contributed by atoms with van der Waals surface area (Å²) < 4.78 is 0. The first kappa shape index (κ1) is 18.3. The predicted molar refractivity (Wildman–Crippen MR) is 94.4 cm³/mol. The third-order valence-electron chi connectivity index (χ3n) is 4.00. The summed E-state index contributed by atoms with van der Waals surface area (Å²) in [5.74, 6) is -0.219. The topological polar surface area (TPSA) is 78.5 Å². The zero-order valence-corrected chi connectivity index (χ0v) is 15.2. The van der Waals surface area contributed by atoms with E-state index >= 15 is 0 Å². The molecule has 0 saturated carbocycles. The molecule has 0 spiro atoms. The molecule has 1 aliphatic heterocycles. The number of carbonyl (C=O) groups is 3. The molecule has 1 aromatic carbocycles. The van der Waals surface area contributed by atoms with Crippen molar-refractivity contribution < 1.29 is 14.4 Å². The summed E-state index contributed by atoms with van der Waals surface area (Å²) in [5, 5.41) is 5.46. The molecule has 0 aliphatic carbocycles. The molecule has 0 aromatic heterocycles.